The van der Waals surface area contributed by atoms with Crippen LogP contribution in [0.5, 0.6) is 0 Å². The van der Waals surface area contributed by atoms with Gasteiger partial charge in [-0.2, -0.15) is 0 Å². The minimum absolute atomic E-state index is 0.255. The molecule has 0 bridgehead atoms. The molecule has 0 saturated carbocycles. The number of aldehydes is 1. The number of hydrogen-bond donors (Lipinski definition) is 0. The first-order chi connectivity index (χ1) is 6.81. The number of rotatable bonds is 10. The van der Waals surface area contributed by atoms with Gasteiger partial charge in [-0.3, -0.25) is 0 Å². The predicted molar refractivity (Wildman–Crippen MR) is 62.9 cm³/mol. The molecule has 0 heterocycles. The van der Waals surface area contributed by atoms with E-state index in [-0.39, 0.29) is 5.38 Å². The van der Waals surface area contributed by atoms with Crippen molar-refractivity contribution in [2.45, 2.75) is 70.1 Å². The number of unbranched alkanes of at least 4 members (excludes halogenated alkanes) is 7. The number of carbonyl (C=O) groups is 1. The molecule has 0 aromatic rings. The van der Waals surface area contributed by atoms with E-state index < -0.39 is 0 Å². The fraction of sp³-hybridized carbons (Fsp3) is 0.917. The van der Waals surface area contributed by atoms with Crippen LogP contribution < -0.4 is 0 Å². The third-order valence-electron chi connectivity index (χ3n) is 2.48. The molecule has 1 unspecified atom stereocenters. The Morgan fingerprint density at radius 3 is 2.00 bits per heavy atom. The van der Waals surface area contributed by atoms with Gasteiger partial charge < -0.3 is 4.79 Å². The van der Waals surface area contributed by atoms with Crippen LogP contribution in [0.2, 0.25) is 0 Å². The Morgan fingerprint density at radius 2 is 1.50 bits per heavy atom. The molecule has 0 aromatic heterocycles. The fourth-order valence-corrected chi connectivity index (χ4v) is 1.70. The maximum atomic E-state index is 10.2. The van der Waals surface area contributed by atoms with Gasteiger partial charge in [0.2, 0.25) is 0 Å². The summed E-state index contributed by atoms with van der Waals surface area (Å²) in [5.74, 6) is 0. The Balaban J connectivity index is 2.95. The molecule has 0 spiro atoms. The van der Waals surface area contributed by atoms with E-state index >= 15 is 0 Å². The minimum atomic E-state index is -0.255. The molecule has 0 amide bonds. The van der Waals surface area contributed by atoms with Gasteiger partial charge >= 0.3 is 0 Å². The molecule has 0 aliphatic carbocycles. The third kappa shape index (κ3) is 10.0. The molecule has 0 N–H and O–H groups in total. The van der Waals surface area contributed by atoms with Gasteiger partial charge in [-0.1, -0.05) is 58.3 Å². The summed E-state index contributed by atoms with van der Waals surface area (Å²) < 4.78 is 0. The van der Waals surface area contributed by atoms with Crippen molar-refractivity contribution in [3.63, 3.8) is 0 Å². The van der Waals surface area contributed by atoms with E-state index in [0.717, 1.165) is 19.1 Å². The molecule has 0 aromatic carbocycles. The second kappa shape index (κ2) is 11.0. The Bertz CT molecular complexity index is 125. The summed E-state index contributed by atoms with van der Waals surface area (Å²) in [4.78, 5) is 10.2. The van der Waals surface area contributed by atoms with E-state index in [9.17, 15) is 4.79 Å². The molecule has 0 radical (unpaired) electrons. The van der Waals surface area contributed by atoms with Crippen molar-refractivity contribution >= 4 is 17.9 Å². The Labute approximate surface area is 93.2 Å². The van der Waals surface area contributed by atoms with Gasteiger partial charge in [0.05, 0.1) is 5.38 Å². The highest BCUT2D eigenvalue weighted by Crippen LogP contribution is 2.11. The summed E-state index contributed by atoms with van der Waals surface area (Å²) >= 11 is 5.68. The second-order valence-corrected chi connectivity index (χ2v) is 4.48. The summed E-state index contributed by atoms with van der Waals surface area (Å²) in [5, 5.41) is -0.255. The predicted octanol–water partition coefficient (Wildman–Crippen LogP) is 4.32. The molecule has 1 nitrogen and oxygen atoms in total. The molecule has 2 heteroatoms. The first-order valence-electron chi connectivity index (χ1n) is 5.90. The molecule has 84 valence electrons. The van der Waals surface area contributed by atoms with Crippen LogP contribution in [-0.4, -0.2) is 11.7 Å². The number of halogens is 1. The van der Waals surface area contributed by atoms with Gasteiger partial charge in [0.25, 0.3) is 0 Å². The average molecular weight is 219 g/mol. The second-order valence-electron chi connectivity index (χ2n) is 3.92. The van der Waals surface area contributed by atoms with Crippen LogP contribution in [0, 0.1) is 0 Å². The maximum absolute atomic E-state index is 10.2. The Hall–Kier alpha value is -0.0400. The highest BCUT2D eigenvalue weighted by Gasteiger charge is 2.00. The summed E-state index contributed by atoms with van der Waals surface area (Å²) in [6.07, 6.45) is 12.1. The van der Waals surface area contributed by atoms with Crippen molar-refractivity contribution in [1.29, 1.82) is 0 Å². The van der Waals surface area contributed by atoms with Gasteiger partial charge in [-0.25, -0.2) is 0 Å². The summed E-state index contributed by atoms with van der Waals surface area (Å²) in [5.41, 5.74) is 0. The van der Waals surface area contributed by atoms with E-state index in [1.807, 2.05) is 0 Å². The fourth-order valence-electron chi connectivity index (χ4n) is 1.54. The third-order valence-corrected chi connectivity index (χ3v) is 2.80. The highest BCUT2D eigenvalue weighted by atomic mass is 35.5. The van der Waals surface area contributed by atoms with Gasteiger partial charge in [0.1, 0.15) is 6.29 Å². The van der Waals surface area contributed by atoms with Crippen LogP contribution in [-0.2, 0) is 4.79 Å². The van der Waals surface area contributed by atoms with Crippen LogP contribution >= 0.6 is 11.6 Å². The average Bonchev–Trinajstić information content (AvgIpc) is 2.21. The van der Waals surface area contributed by atoms with Crippen LogP contribution in [0.3, 0.4) is 0 Å². The number of hydrogen-bond acceptors (Lipinski definition) is 1. The topological polar surface area (TPSA) is 17.1 Å². The molecular formula is C12H23ClO. The molecular weight excluding hydrogens is 196 g/mol. The van der Waals surface area contributed by atoms with Crippen molar-refractivity contribution in [3.8, 4) is 0 Å². The normalized spacial score (nSPS) is 12.7. The van der Waals surface area contributed by atoms with Crippen molar-refractivity contribution in [1.82, 2.24) is 0 Å². The van der Waals surface area contributed by atoms with Crippen molar-refractivity contribution in [2.24, 2.45) is 0 Å². The van der Waals surface area contributed by atoms with Gasteiger partial charge in [0.15, 0.2) is 0 Å². The summed E-state index contributed by atoms with van der Waals surface area (Å²) in [6, 6.07) is 0. The molecule has 0 aliphatic rings. The molecule has 0 fully saturated rings. The first-order valence-corrected chi connectivity index (χ1v) is 6.34. The van der Waals surface area contributed by atoms with E-state index in [1.165, 1.54) is 44.9 Å². The minimum Gasteiger partial charge on any atom is -0.302 e. The van der Waals surface area contributed by atoms with Gasteiger partial charge in [-0.05, 0) is 6.42 Å². The van der Waals surface area contributed by atoms with Crippen LogP contribution in [0.25, 0.3) is 0 Å². The highest BCUT2D eigenvalue weighted by molar-refractivity contribution is 6.27. The van der Waals surface area contributed by atoms with E-state index in [2.05, 4.69) is 6.92 Å². The zero-order chi connectivity index (χ0) is 10.6. The van der Waals surface area contributed by atoms with Crippen LogP contribution in [0.1, 0.15) is 64.7 Å². The van der Waals surface area contributed by atoms with E-state index in [1.54, 1.807) is 0 Å². The smallest absolute Gasteiger partial charge is 0.137 e. The van der Waals surface area contributed by atoms with E-state index in [4.69, 9.17) is 11.6 Å². The van der Waals surface area contributed by atoms with Crippen LogP contribution in [0.4, 0.5) is 0 Å². The van der Waals surface area contributed by atoms with Crippen molar-refractivity contribution < 1.29 is 4.79 Å². The van der Waals surface area contributed by atoms with Crippen molar-refractivity contribution in [2.75, 3.05) is 0 Å². The zero-order valence-corrected chi connectivity index (χ0v) is 10.1. The standard InChI is InChI=1S/C12H23ClO/c1-2-3-4-5-6-7-8-9-10-12(13)11-14/h11-12H,2-10H2,1H3. The molecule has 0 saturated heterocycles. The largest absolute Gasteiger partial charge is 0.302 e. The SMILES string of the molecule is CCCCCCCCCCC(Cl)C=O. The van der Waals surface area contributed by atoms with Crippen LogP contribution in [0.15, 0.2) is 0 Å². The Morgan fingerprint density at radius 1 is 1.00 bits per heavy atom. The Kier molecular flexibility index (Phi) is 11.0. The quantitative estimate of drug-likeness (QED) is 0.303. The number of alkyl halides is 1. The molecule has 0 aliphatic heterocycles. The lowest BCUT2D eigenvalue weighted by atomic mass is 10.1. The zero-order valence-electron chi connectivity index (χ0n) is 9.30. The number of carbonyl (C=O) groups excluding carboxylic acids is 1. The molecule has 0 rings (SSSR count). The lowest BCUT2D eigenvalue weighted by molar-refractivity contribution is -0.107. The summed E-state index contributed by atoms with van der Waals surface area (Å²) in [6.45, 7) is 2.24. The lowest BCUT2D eigenvalue weighted by Crippen LogP contribution is -1.98. The monoisotopic (exact) mass is 218 g/mol. The first kappa shape index (κ1) is 14.0. The lowest BCUT2D eigenvalue weighted by Gasteiger charge is -2.02. The molecule has 1 atom stereocenters. The summed E-state index contributed by atoms with van der Waals surface area (Å²) in [7, 11) is 0. The van der Waals surface area contributed by atoms with Gasteiger partial charge in [0, 0.05) is 0 Å². The van der Waals surface area contributed by atoms with Gasteiger partial charge in [-0.15, -0.1) is 11.6 Å². The molecule has 14 heavy (non-hydrogen) atoms. The van der Waals surface area contributed by atoms with Crippen molar-refractivity contribution in [3.05, 3.63) is 0 Å². The maximum Gasteiger partial charge on any atom is 0.137 e. The van der Waals surface area contributed by atoms with E-state index in [0.29, 0.717) is 0 Å².